The molecule has 0 saturated carbocycles. The van der Waals surface area contributed by atoms with Gasteiger partial charge < -0.3 is 14.6 Å². The molecule has 2 heterocycles. The number of nitrogens with one attached hydrogen (secondary N) is 1. The maximum Gasteiger partial charge on any atom is 0.317 e. The van der Waals surface area contributed by atoms with Crippen LogP contribution in [0.4, 0.5) is 4.79 Å². The van der Waals surface area contributed by atoms with Crippen LogP contribution in [0.15, 0.2) is 40.8 Å². The van der Waals surface area contributed by atoms with E-state index in [-0.39, 0.29) is 12.1 Å². The first kappa shape index (κ1) is 18.0. The average molecular weight is 354 g/mol. The van der Waals surface area contributed by atoms with Crippen molar-refractivity contribution in [2.24, 2.45) is 0 Å². The molecule has 138 valence electrons. The lowest BCUT2D eigenvalue weighted by atomic mass is 10.2. The summed E-state index contributed by atoms with van der Waals surface area (Å²) in [5, 5.41) is 8.45. The van der Waals surface area contributed by atoms with Crippen LogP contribution < -0.4 is 5.32 Å². The highest BCUT2D eigenvalue weighted by atomic mass is 16.3. The summed E-state index contributed by atoms with van der Waals surface area (Å²) in [5.74, 6) is 0.784. The zero-order chi connectivity index (χ0) is 18.7. The summed E-state index contributed by atoms with van der Waals surface area (Å²) >= 11 is 0. The van der Waals surface area contributed by atoms with E-state index in [0.29, 0.717) is 6.54 Å². The van der Waals surface area contributed by atoms with Gasteiger partial charge in [-0.05, 0) is 45.4 Å². The van der Waals surface area contributed by atoms with E-state index in [0.717, 1.165) is 41.1 Å². The number of para-hydroxylation sites is 1. The lowest BCUT2D eigenvalue weighted by Crippen LogP contribution is -2.39. The van der Waals surface area contributed by atoms with Crippen LogP contribution in [0.5, 0.6) is 0 Å². The Morgan fingerprint density at radius 3 is 2.77 bits per heavy atom. The molecule has 1 atom stereocenters. The molecule has 1 aromatic carbocycles. The van der Waals surface area contributed by atoms with Gasteiger partial charge in [-0.15, -0.1) is 0 Å². The van der Waals surface area contributed by atoms with Crippen LogP contribution >= 0.6 is 0 Å². The quantitative estimate of drug-likeness (QED) is 0.680. The van der Waals surface area contributed by atoms with E-state index in [1.54, 1.807) is 11.9 Å². The standard InChI is InChI=1S/C20H26N4O2/c1-14-12-15(2)24(22-14)11-7-10-21-20(25)23(4)16(3)19-13-17-8-5-6-9-18(17)26-19/h5-6,8-9,12-13,16H,7,10-11H2,1-4H3,(H,21,25). The molecule has 2 amide bonds. The van der Waals surface area contributed by atoms with Gasteiger partial charge in [-0.3, -0.25) is 4.68 Å². The first-order chi connectivity index (χ1) is 12.5. The van der Waals surface area contributed by atoms with Gasteiger partial charge in [0.15, 0.2) is 0 Å². The fraction of sp³-hybridized carbons (Fsp3) is 0.400. The largest absolute Gasteiger partial charge is 0.459 e. The molecule has 0 aliphatic heterocycles. The third-order valence-electron chi connectivity index (χ3n) is 4.68. The van der Waals surface area contributed by atoms with Crippen molar-refractivity contribution in [3.05, 3.63) is 53.5 Å². The first-order valence-corrected chi connectivity index (χ1v) is 8.96. The number of aromatic nitrogens is 2. The van der Waals surface area contributed by atoms with Gasteiger partial charge in [-0.1, -0.05) is 18.2 Å². The summed E-state index contributed by atoms with van der Waals surface area (Å²) in [6.07, 6.45) is 0.834. The Bertz CT molecular complexity index is 863. The molecular formula is C20H26N4O2. The fourth-order valence-electron chi connectivity index (χ4n) is 3.03. The third-order valence-corrected chi connectivity index (χ3v) is 4.68. The summed E-state index contributed by atoms with van der Waals surface area (Å²) in [6.45, 7) is 7.39. The number of furan rings is 1. The fourth-order valence-corrected chi connectivity index (χ4v) is 3.03. The number of carbonyl (C=O) groups is 1. The highest BCUT2D eigenvalue weighted by Gasteiger charge is 2.20. The predicted molar refractivity (Wildman–Crippen MR) is 102 cm³/mol. The van der Waals surface area contributed by atoms with E-state index in [4.69, 9.17) is 4.42 Å². The lowest BCUT2D eigenvalue weighted by Gasteiger charge is -2.23. The van der Waals surface area contributed by atoms with E-state index in [9.17, 15) is 4.79 Å². The highest BCUT2D eigenvalue weighted by molar-refractivity contribution is 5.78. The number of urea groups is 1. The molecule has 1 N–H and O–H groups in total. The molecule has 3 rings (SSSR count). The Balaban J connectivity index is 1.51. The topological polar surface area (TPSA) is 63.3 Å². The number of fused-ring (bicyclic) bond motifs is 1. The van der Waals surface area contributed by atoms with E-state index in [1.165, 1.54) is 0 Å². The molecule has 1 unspecified atom stereocenters. The number of rotatable bonds is 6. The van der Waals surface area contributed by atoms with Crippen molar-refractivity contribution in [2.45, 2.75) is 39.8 Å². The summed E-state index contributed by atoms with van der Waals surface area (Å²) in [7, 11) is 1.79. The SMILES string of the molecule is Cc1cc(C)n(CCCNC(=O)N(C)C(C)c2cc3ccccc3o2)n1. The number of aryl methyl sites for hydroxylation is 3. The summed E-state index contributed by atoms with van der Waals surface area (Å²) in [6, 6.07) is 11.7. The number of nitrogens with zero attached hydrogens (tertiary/aromatic N) is 3. The van der Waals surface area contributed by atoms with Gasteiger partial charge in [0.25, 0.3) is 0 Å². The second-order valence-corrected chi connectivity index (χ2v) is 6.71. The molecule has 0 aliphatic carbocycles. The number of hydrogen-bond donors (Lipinski definition) is 1. The van der Waals surface area contributed by atoms with E-state index < -0.39 is 0 Å². The van der Waals surface area contributed by atoms with E-state index >= 15 is 0 Å². The van der Waals surface area contributed by atoms with Crippen molar-refractivity contribution >= 4 is 17.0 Å². The van der Waals surface area contributed by atoms with Crippen LogP contribution in [0.25, 0.3) is 11.0 Å². The molecule has 0 spiro atoms. The Hall–Kier alpha value is -2.76. The summed E-state index contributed by atoms with van der Waals surface area (Å²) in [5.41, 5.74) is 3.00. The molecule has 0 saturated heterocycles. The van der Waals surface area contributed by atoms with Crippen LogP contribution in [0.2, 0.25) is 0 Å². The maximum absolute atomic E-state index is 12.4. The Morgan fingerprint density at radius 2 is 2.08 bits per heavy atom. The molecule has 2 aromatic heterocycles. The second-order valence-electron chi connectivity index (χ2n) is 6.71. The molecule has 0 fully saturated rings. The van der Waals surface area contributed by atoms with Crippen molar-refractivity contribution < 1.29 is 9.21 Å². The average Bonchev–Trinajstić information content (AvgIpc) is 3.19. The molecule has 0 aliphatic rings. The van der Waals surface area contributed by atoms with Crippen LogP contribution in [0, 0.1) is 13.8 Å². The zero-order valence-electron chi connectivity index (χ0n) is 15.8. The molecule has 6 nitrogen and oxygen atoms in total. The van der Waals surface area contributed by atoms with Gasteiger partial charge in [-0.25, -0.2) is 4.79 Å². The molecule has 0 bridgehead atoms. The number of amides is 2. The van der Waals surface area contributed by atoms with Crippen molar-refractivity contribution in [1.29, 1.82) is 0 Å². The Kier molecular flexibility index (Phi) is 5.30. The van der Waals surface area contributed by atoms with Gasteiger partial charge in [0.2, 0.25) is 0 Å². The van der Waals surface area contributed by atoms with Crippen LogP contribution in [-0.4, -0.2) is 34.3 Å². The number of hydrogen-bond acceptors (Lipinski definition) is 3. The molecular weight excluding hydrogens is 328 g/mol. The first-order valence-electron chi connectivity index (χ1n) is 8.96. The maximum atomic E-state index is 12.4. The minimum absolute atomic E-state index is 0.105. The smallest absolute Gasteiger partial charge is 0.317 e. The van der Waals surface area contributed by atoms with E-state index in [1.807, 2.05) is 55.8 Å². The van der Waals surface area contributed by atoms with E-state index in [2.05, 4.69) is 16.5 Å². The van der Waals surface area contributed by atoms with Crippen molar-refractivity contribution in [3.8, 4) is 0 Å². The normalized spacial score (nSPS) is 12.3. The van der Waals surface area contributed by atoms with Gasteiger partial charge in [0.1, 0.15) is 11.3 Å². The monoisotopic (exact) mass is 354 g/mol. The summed E-state index contributed by atoms with van der Waals surface area (Å²) in [4.78, 5) is 14.1. The van der Waals surface area contributed by atoms with Crippen molar-refractivity contribution in [3.63, 3.8) is 0 Å². The van der Waals surface area contributed by atoms with Crippen LogP contribution in [0.1, 0.15) is 36.5 Å². The van der Waals surface area contributed by atoms with Crippen molar-refractivity contribution in [2.75, 3.05) is 13.6 Å². The molecule has 0 radical (unpaired) electrons. The highest BCUT2D eigenvalue weighted by Crippen LogP contribution is 2.26. The van der Waals surface area contributed by atoms with Gasteiger partial charge in [0, 0.05) is 31.2 Å². The number of benzene rings is 1. The van der Waals surface area contributed by atoms with Crippen molar-refractivity contribution in [1.82, 2.24) is 20.0 Å². The van der Waals surface area contributed by atoms with Gasteiger partial charge in [0.05, 0.1) is 11.7 Å². The molecule has 26 heavy (non-hydrogen) atoms. The minimum Gasteiger partial charge on any atom is -0.459 e. The summed E-state index contributed by atoms with van der Waals surface area (Å²) < 4.78 is 7.84. The zero-order valence-corrected chi connectivity index (χ0v) is 15.8. The predicted octanol–water partition coefficient (Wildman–Crippen LogP) is 4.04. The van der Waals surface area contributed by atoms with Gasteiger partial charge in [-0.2, -0.15) is 5.10 Å². The molecule has 6 heteroatoms. The lowest BCUT2D eigenvalue weighted by molar-refractivity contribution is 0.188. The Labute approximate surface area is 153 Å². The second kappa shape index (κ2) is 7.64. The number of carbonyl (C=O) groups excluding carboxylic acids is 1. The van der Waals surface area contributed by atoms with Crippen LogP contribution in [-0.2, 0) is 6.54 Å². The van der Waals surface area contributed by atoms with Crippen LogP contribution in [0.3, 0.4) is 0 Å². The van der Waals surface area contributed by atoms with Gasteiger partial charge >= 0.3 is 6.03 Å². The molecule has 3 aromatic rings. The minimum atomic E-state index is -0.140. The third kappa shape index (κ3) is 3.90. The Morgan fingerprint density at radius 1 is 1.31 bits per heavy atom.